The zero-order chi connectivity index (χ0) is 9.30. The molecule has 0 amide bonds. The molecule has 0 unspecified atom stereocenters. The molecular formula is C9H9F2N. The average molecular weight is 169 g/mol. The number of pyridine rings is 1. The summed E-state index contributed by atoms with van der Waals surface area (Å²) < 4.78 is 25.9. The van der Waals surface area contributed by atoms with E-state index in [-0.39, 0.29) is 11.3 Å². The summed E-state index contributed by atoms with van der Waals surface area (Å²) in [6.45, 7) is 6.53. The minimum absolute atomic E-state index is 0.0671. The quantitative estimate of drug-likeness (QED) is 0.629. The number of halogens is 2. The van der Waals surface area contributed by atoms with Crippen molar-refractivity contribution in [3.05, 3.63) is 35.7 Å². The van der Waals surface area contributed by atoms with E-state index >= 15 is 0 Å². The van der Waals surface area contributed by atoms with Crippen LogP contribution in [-0.2, 0) is 0 Å². The van der Waals surface area contributed by atoms with Gasteiger partial charge in [-0.1, -0.05) is 6.58 Å². The number of allylic oxidation sites excluding steroid dienone is 1. The van der Waals surface area contributed by atoms with Crippen molar-refractivity contribution in [1.82, 2.24) is 4.98 Å². The Morgan fingerprint density at radius 2 is 2.00 bits per heavy atom. The molecule has 1 nitrogen and oxygen atoms in total. The van der Waals surface area contributed by atoms with Gasteiger partial charge in [-0.3, -0.25) is 4.98 Å². The number of rotatable bonds is 1. The van der Waals surface area contributed by atoms with Crippen LogP contribution in [0.4, 0.5) is 8.78 Å². The maximum Gasteiger partial charge on any atom is 0.180 e. The molecule has 3 heteroatoms. The number of nitrogens with zero attached hydrogens (tertiary/aromatic N) is 1. The fourth-order valence-electron chi connectivity index (χ4n) is 0.849. The SMILES string of the molecule is C=C(C)c1cnc(C)c(F)c1F. The van der Waals surface area contributed by atoms with Crippen molar-refractivity contribution in [3.63, 3.8) is 0 Å². The summed E-state index contributed by atoms with van der Waals surface area (Å²) >= 11 is 0. The van der Waals surface area contributed by atoms with Crippen LogP contribution in [0.5, 0.6) is 0 Å². The van der Waals surface area contributed by atoms with Crippen molar-refractivity contribution < 1.29 is 8.78 Å². The molecular weight excluding hydrogens is 160 g/mol. The number of hydrogen-bond donors (Lipinski definition) is 0. The lowest BCUT2D eigenvalue weighted by Gasteiger charge is -2.03. The molecule has 0 aromatic carbocycles. The molecule has 1 aromatic rings. The van der Waals surface area contributed by atoms with Crippen molar-refractivity contribution in [1.29, 1.82) is 0 Å². The zero-order valence-corrected chi connectivity index (χ0v) is 6.99. The summed E-state index contributed by atoms with van der Waals surface area (Å²) in [6.07, 6.45) is 1.29. The Kier molecular flexibility index (Phi) is 2.22. The number of aryl methyl sites for hydroxylation is 1. The number of hydrogen-bond acceptors (Lipinski definition) is 1. The summed E-state index contributed by atoms with van der Waals surface area (Å²) in [5.41, 5.74) is 0.675. The van der Waals surface area contributed by atoms with Crippen LogP contribution in [0.25, 0.3) is 5.57 Å². The van der Waals surface area contributed by atoms with Gasteiger partial charge in [-0.05, 0) is 19.4 Å². The lowest BCUT2D eigenvalue weighted by molar-refractivity contribution is 0.494. The molecule has 1 aromatic heterocycles. The Balaban J connectivity index is 3.36. The van der Waals surface area contributed by atoms with Gasteiger partial charge < -0.3 is 0 Å². The third-order valence-corrected chi connectivity index (χ3v) is 1.59. The number of aromatic nitrogens is 1. The third-order valence-electron chi connectivity index (χ3n) is 1.59. The normalized spacial score (nSPS) is 10.0. The second-order valence-electron chi connectivity index (χ2n) is 2.67. The van der Waals surface area contributed by atoms with Crippen LogP contribution in [0.15, 0.2) is 12.8 Å². The Bertz CT molecular complexity index is 332. The lowest BCUT2D eigenvalue weighted by atomic mass is 10.1. The van der Waals surface area contributed by atoms with E-state index in [1.165, 1.54) is 13.1 Å². The van der Waals surface area contributed by atoms with Gasteiger partial charge in [-0.25, -0.2) is 8.78 Å². The predicted molar refractivity (Wildman–Crippen MR) is 43.6 cm³/mol. The first-order valence-corrected chi connectivity index (χ1v) is 3.50. The zero-order valence-electron chi connectivity index (χ0n) is 6.99. The van der Waals surface area contributed by atoms with Gasteiger partial charge in [-0.15, -0.1) is 0 Å². The smallest absolute Gasteiger partial charge is 0.180 e. The van der Waals surface area contributed by atoms with Crippen molar-refractivity contribution in [2.75, 3.05) is 0 Å². The van der Waals surface area contributed by atoms with Crippen LogP contribution < -0.4 is 0 Å². The summed E-state index contributed by atoms with van der Waals surface area (Å²) in [5, 5.41) is 0. The van der Waals surface area contributed by atoms with E-state index in [2.05, 4.69) is 11.6 Å². The standard InChI is InChI=1S/C9H9F2N/c1-5(2)7-4-12-6(3)8(10)9(7)11/h4H,1H2,2-3H3. The van der Waals surface area contributed by atoms with Gasteiger partial charge in [0.15, 0.2) is 11.6 Å². The molecule has 0 aliphatic rings. The molecule has 0 bridgehead atoms. The Morgan fingerprint density at radius 3 is 2.50 bits per heavy atom. The van der Waals surface area contributed by atoms with Crippen LogP contribution in [0.2, 0.25) is 0 Å². The fourth-order valence-corrected chi connectivity index (χ4v) is 0.849. The van der Waals surface area contributed by atoms with Crippen molar-refractivity contribution >= 4 is 5.57 Å². The van der Waals surface area contributed by atoms with E-state index in [4.69, 9.17) is 0 Å². The van der Waals surface area contributed by atoms with Crippen molar-refractivity contribution in [2.24, 2.45) is 0 Å². The van der Waals surface area contributed by atoms with Gasteiger partial charge in [0, 0.05) is 11.8 Å². The minimum Gasteiger partial charge on any atom is -0.258 e. The molecule has 0 atom stereocenters. The van der Waals surface area contributed by atoms with E-state index in [0.29, 0.717) is 5.57 Å². The van der Waals surface area contributed by atoms with Crippen LogP contribution >= 0.6 is 0 Å². The average Bonchev–Trinajstić information content (AvgIpc) is 2.00. The molecule has 0 saturated carbocycles. The highest BCUT2D eigenvalue weighted by atomic mass is 19.2. The van der Waals surface area contributed by atoms with Gasteiger partial charge in [0.25, 0.3) is 0 Å². The van der Waals surface area contributed by atoms with Gasteiger partial charge in [0.2, 0.25) is 0 Å². The van der Waals surface area contributed by atoms with E-state index in [0.717, 1.165) is 0 Å². The van der Waals surface area contributed by atoms with E-state index in [1.54, 1.807) is 6.92 Å². The maximum atomic E-state index is 13.0. The van der Waals surface area contributed by atoms with E-state index in [1.807, 2.05) is 0 Å². The lowest BCUT2D eigenvalue weighted by Crippen LogP contribution is -1.97. The monoisotopic (exact) mass is 169 g/mol. The fraction of sp³-hybridized carbons (Fsp3) is 0.222. The summed E-state index contributed by atoms with van der Waals surface area (Å²) in [5.74, 6) is -1.76. The Morgan fingerprint density at radius 1 is 1.42 bits per heavy atom. The molecule has 0 radical (unpaired) electrons. The molecule has 0 aliphatic carbocycles. The summed E-state index contributed by atoms with van der Waals surface area (Å²) in [4.78, 5) is 3.68. The summed E-state index contributed by atoms with van der Waals surface area (Å²) in [6, 6.07) is 0. The van der Waals surface area contributed by atoms with E-state index < -0.39 is 11.6 Å². The topological polar surface area (TPSA) is 12.9 Å². The van der Waals surface area contributed by atoms with Crippen molar-refractivity contribution in [2.45, 2.75) is 13.8 Å². The van der Waals surface area contributed by atoms with Gasteiger partial charge in [-0.2, -0.15) is 0 Å². The minimum atomic E-state index is -0.893. The Hall–Kier alpha value is -1.25. The van der Waals surface area contributed by atoms with Gasteiger partial charge in [0.1, 0.15) is 0 Å². The highest BCUT2D eigenvalue weighted by Crippen LogP contribution is 2.18. The molecule has 0 spiro atoms. The molecule has 0 fully saturated rings. The second kappa shape index (κ2) is 3.01. The van der Waals surface area contributed by atoms with Gasteiger partial charge >= 0.3 is 0 Å². The molecule has 1 rings (SSSR count). The Labute approximate surface area is 69.8 Å². The molecule has 0 saturated heterocycles. The molecule has 0 aliphatic heterocycles. The van der Waals surface area contributed by atoms with Crippen LogP contribution in [0, 0.1) is 18.6 Å². The molecule has 64 valence electrons. The van der Waals surface area contributed by atoms with Crippen LogP contribution in [0.3, 0.4) is 0 Å². The highest BCUT2D eigenvalue weighted by Gasteiger charge is 2.11. The van der Waals surface area contributed by atoms with Crippen LogP contribution in [0.1, 0.15) is 18.2 Å². The summed E-state index contributed by atoms with van der Waals surface area (Å²) in [7, 11) is 0. The first kappa shape index (κ1) is 8.84. The first-order valence-electron chi connectivity index (χ1n) is 3.50. The van der Waals surface area contributed by atoms with Gasteiger partial charge in [0.05, 0.1) is 5.69 Å². The van der Waals surface area contributed by atoms with Crippen LogP contribution in [-0.4, -0.2) is 4.98 Å². The first-order chi connectivity index (χ1) is 5.54. The third kappa shape index (κ3) is 1.35. The molecule has 12 heavy (non-hydrogen) atoms. The van der Waals surface area contributed by atoms with Crippen molar-refractivity contribution in [3.8, 4) is 0 Å². The highest BCUT2D eigenvalue weighted by molar-refractivity contribution is 5.61. The molecule has 0 N–H and O–H groups in total. The maximum absolute atomic E-state index is 13.0. The predicted octanol–water partition coefficient (Wildman–Crippen LogP) is 2.70. The van der Waals surface area contributed by atoms with E-state index in [9.17, 15) is 8.78 Å². The molecule has 1 heterocycles. The largest absolute Gasteiger partial charge is 0.258 e. The second-order valence-corrected chi connectivity index (χ2v) is 2.67.